The molecule has 0 aliphatic rings. The van der Waals surface area contributed by atoms with E-state index in [1.165, 1.54) is 0 Å². The van der Waals surface area contributed by atoms with Gasteiger partial charge in [-0.15, -0.1) is 0 Å². The minimum absolute atomic E-state index is 0.518. The standard InChI is InChI=1S/C10H6F4N2O3/c11-7-1-2-9(8(3-7)16(17)18)19-5-6(4-15)10(12,13)14/h1-3,6H,5H2. The third-order valence-corrected chi connectivity index (χ3v) is 2.07. The number of ether oxygens (including phenoxy) is 1. The quantitative estimate of drug-likeness (QED) is 0.482. The summed E-state index contributed by atoms with van der Waals surface area (Å²) >= 11 is 0. The molecule has 0 amide bonds. The third-order valence-electron chi connectivity index (χ3n) is 2.07. The van der Waals surface area contributed by atoms with Gasteiger partial charge in [0.2, 0.25) is 0 Å². The van der Waals surface area contributed by atoms with E-state index in [9.17, 15) is 27.7 Å². The molecular weight excluding hydrogens is 272 g/mol. The molecular formula is C10H6F4N2O3. The maximum absolute atomic E-state index is 12.8. The summed E-state index contributed by atoms with van der Waals surface area (Å²) in [6.45, 7) is -1.10. The van der Waals surface area contributed by atoms with E-state index in [0.717, 1.165) is 18.2 Å². The summed E-state index contributed by atoms with van der Waals surface area (Å²) in [5.41, 5.74) is -0.807. The lowest BCUT2D eigenvalue weighted by atomic mass is 10.2. The van der Waals surface area contributed by atoms with Crippen LogP contribution in [0.2, 0.25) is 0 Å². The molecule has 1 atom stereocenters. The van der Waals surface area contributed by atoms with Crippen molar-refractivity contribution in [2.75, 3.05) is 6.61 Å². The van der Waals surface area contributed by atoms with Crippen LogP contribution in [-0.2, 0) is 0 Å². The zero-order valence-electron chi connectivity index (χ0n) is 9.15. The van der Waals surface area contributed by atoms with Gasteiger partial charge in [-0.3, -0.25) is 10.1 Å². The summed E-state index contributed by atoms with van der Waals surface area (Å²) in [6, 6.07) is 3.13. The second-order valence-corrected chi connectivity index (χ2v) is 3.40. The Kier molecular flexibility index (Phi) is 4.26. The Hall–Kier alpha value is -2.37. The van der Waals surface area contributed by atoms with Crippen molar-refractivity contribution < 1.29 is 27.2 Å². The molecule has 1 aromatic carbocycles. The van der Waals surface area contributed by atoms with Gasteiger partial charge in [0.15, 0.2) is 11.7 Å². The number of nitro groups is 1. The molecule has 1 rings (SSSR count). The predicted octanol–water partition coefficient (Wildman–Crippen LogP) is 2.81. The van der Waals surface area contributed by atoms with E-state index >= 15 is 0 Å². The van der Waals surface area contributed by atoms with Gasteiger partial charge in [-0.05, 0) is 12.1 Å². The topological polar surface area (TPSA) is 76.2 Å². The van der Waals surface area contributed by atoms with Gasteiger partial charge >= 0.3 is 11.9 Å². The van der Waals surface area contributed by atoms with Crippen LogP contribution in [-0.4, -0.2) is 17.7 Å². The zero-order valence-corrected chi connectivity index (χ0v) is 9.15. The van der Waals surface area contributed by atoms with Gasteiger partial charge in [0.05, 0.1) is 17.1 Å². The van der Waals surface area contributed by atoms with Crippen LogP contribution in [0.3, 0.4) is 0 Å². The van der Waals surface area contributed by atoms with E-state index in [1.54, 1.807) is 0 Å². The van der Waals surface area contributed by atoms with E-state index in [-0.39, 0.29) is 0 Å². The largest absolute Gasteiger partial charge is 0.485 e. The summed E-state index contributed by atoms with van der Waals surface area (Å²) in [4.78, 5) is 9.56. The number of alkyl halides is 3. The molecule has 0 saturated heterocycles. The van der Waals surface area contributed by atoms with Gasteiger partial charge in [0.25, 0.3) is 0 Å². The van der Waals surface area contributed by atoms with Crippen molar-refractivity contribution in [2.45, 2.75) is 6.18 Å². The molecule has 9 heteroatoms. The number of nitro benzene ring substituents is 1. The van der Waals surface area contributed by atoms with Gasteiger partial charge in [-0.25, -0.2) is 4.39 Å². The average molecular weight is 278 g/mol. The van der Waals surface area contributed by atoms with E-state index < -0.39 is 40.9 Å². The summed E-state index contributed by atoms with van der Waals surface area (Å²) in [5, 5.41) is 18.9. The van der Waals surface area contributed by atoms with Gasteiger partial charge in [0.1, 0.15) is 12.4 Å². The molecule has 0 saturated carbocycles. The van der Waals surface area contributed by atoms with Gasteiger partial charge in [0, 0.05) is 0 Å². The van der Waals surface area contributed by atoms with Crippen molar-refractivity contribution in [3.8, 4) is 11.8 Å². The molecule has 1 aromatic rings. The molecule has 0 bridgehead atoms. The fourth-order valence-corrected chi connectivity index (χ4v) is 1.13. The van der Waals surface area contributed by atoms with Crippen molar-refractivity contribution in [1.29, 1.82) is 5.26 Å². The van der Waals surface area contributed by atoms with Crippen molar-refractivity contribution in [2.24, 2.45) is 5.92 Å². The van der Waals surface area contributed by atoms with Crippen LogP contribution in [0.4, 0.5) is 23.2 Å². The monoisotopic (exact) mass is 278 g/mol. The molecule has 0 aliphatic heterocycles. The average Bonchev–Trinajstić information content (AvgIpc) is 2.29. The van der Waals surface area contributed by atoms with Crippen LogP contribution in [0.5, 0.6) is 5.75 Å². The number of hydrogen-bond acceptors (Lipinski definition) is 4. The number of nitrogens with zero attached hydrogens (tertiary/aromatic N) is 2. The number of halogens is 4. The normalized spacial score (nSPS) is 12.6. The lowest BCUT2D eigenvalue weighted by Crippen LogP contribution is -2.27. The molecule has 0 radical (unpaired) electrons. The van der Waals surface area contributed by atoms with Crippen molar-refractivity contribution in [1.82, 2.24) is 0 Å². The molecule has 0 aliphatic carbocycles. The van der Waals surface area contributed by atoms with Crippen LogP contribution >= 0.6 is 0 Å². The van der Waals surface area contributed by atoms with Gasteiger partial charge in [-0.1, -0.05) is 0 Å². The van der Waals surface area contributed by atoms with Crippen LogP contribution in [0, 0.1) is 33.2 Å². The van der Waals surface area contributed by atoms with E-state index in [2.05, 4.69) is 4.74 Å². The fraction of sp³-hybridized carbons (Fsp3) is 0.300. The Balaban J connectivity index is 2.90. The Morgan fingerprint density at radius 1 is 1.47 bits per heavy atom. The zero-order chi connectivity index (χ0) is 14.6. The number of benzene rings is 1. The molecule has 0 N–H and O–H groups in total. The molecule has 1 unspecified atom stereocenters. The lowest BCUT2D eigenvalue weighted by molar-refractivity contribution is -0.386. The number of hydrogen-bond donors (Lipinski definition) is 0. The predicted molar refractivity (Wildman–Crippen MR) is 53.7 cm³/mol. The third kappa shape index (κ3) is 3.80. The Morgan fingerprint density at radius 3 is 2.58 bits per heavy atom. The molecule has 0 heterocycles. The van der Waals surface area contributed by atoms with E-state index in [4.69, 9.17) is 5.26 Å². The number of rotatable bonds is 4. The van der Waals surface area contributed by atoms with Gasteiger partial charge < -0.3 is 4.74 Å². The number of nitriles is 1. The minimum Gasteiger partial charge on any atom is -0.485 e. The highest BCUT2D eigenvalue weighted by Gasteiger charge is 2.40. The first-order valence-corrected chi connectivity index (χ1v) is 4.78. The first-order chi connectivity index (χ1) is 8.75. The molecule has 102 valence electrons. The van der Waals surface area contributed by atoms with Crippen LogP contribution in [0.1, 0.15) is 0 Å². The Bertz CT molecular complexity index is 524. The summed E-state index contributed by atoms with van der Waals surface area (Å²) in [7, 11) is 0. The molecule has 0 fully saturated rings. The van der Waals surface area contributed by atoms with Gasteiger partial charge in [-0.2, -0.15) is 18.4 Å². The summed E-state index contributed by atoms with van der Waals surface area (Å²) in [5.74, 6) is -3.88. The van der Waals surface area contributed by atoms with E-state index in [0.29, 0.717) is 6.07 Å². The fourth-order valence-electron chi connectivity index (χ4n) is 1.13. The maximum Gasteiger partial charge on any atom is 0.407 e. The Labute approximate surface area is 104 Å². The summed E-state index contributed by atoms with van der Waals surface area (Å²) in [6.07, 6.45) is -4.80. The SMILES string of the molecule is N#CC(COc1ccc(F)cc1[N+](=O)[O-])C(F)(F)F. The molecule has 19 heavy (non-hydrogen) atoms. The highest BCUT2D eigenvalue weighted by molar-refractivity contribution is 5.46. The smallest absolute Gasteiger partial charge is 0.407 e. The molecule has 0 aromatic heterocycles. The van der Waals surface area contributed by atoms with Crippen molar-refractivity contribution >= 4 is 5.69 Å². The lowest BCUT2D eigenvalue weighted by Gasteiger charge is -2.14. The first-order valence-electron chi connectivity index (χ1n) is 4.78. The summed E-state index contributed by atoms with van der Waals surface area (Å²) < 4.78 is 54.1. The maximum atomic E-state index is 12.8. The van der Waals surface area contributed by atoms with Crippen LogP contribution < -0.4 is 4.74 Å². The highest BCUT2D eigenvalue weighted by atomic mass is 19.4. The first kappa shape index (κ1) is 14.7. The van der Waals surface area contributed by atoms with Crippen molar-refractivity contribution in [3.63, 3.8) is 0 Å². The van der Waals surface area contributed by atoms with Crippen molar-refractivity contribution in [3.05, 3.63) is 34.1 Å². The minimum atomic E-state index is -4.80. The van der Waals surface area contributed by atoms with Crippen LogP contribution in [0.25, 0.3) is 0 Å². The van der Waals surface area contributed by atoms with Crippen LogP contribution in [0.15, 0.2) is 18.2 Å². The highest BCUT2D eigenvalue weighted by Crippen LogP contribution is 2.30. The van der Waals surface area contributed by atoms with E-state index in [1.807, 2.05) is 0 Å². The Morgan fingerprint density at radius 2 is 2.11 bits per heavy atom. The molecule has 0 spiro atoms. The second kappa shape index (κ2) is 5.51. The molecule has 5 nitrogen and oxygen atoms in total. The second-order valence-electron chi connectivity index (χ2n) is 3.40.